The molecule has 0 spiro atoms. The van der Waals surface area contributed by atoms with Crippen molar-refractivity contribution in [2.24, 2.45) is 0 Å². The first-order valence-electron chi connectivity index (χ1n) is 8.09. The average molecular weight is 415 g/mol. The fourth-order valence-corrected chi connectivity index (χ4v) is 5.99. The monoisotopic (exact) mass is 414 g/mol. The molecule has 0 aromatic carbocycles. The highest BCUT2D eigenvalue weighted by atomic mass is 32.2. The van der Waals surface area contributed by atoms with Crippen molar-refractivity contribution in [1.82, 2.24) is 9.80 Å². The second kappa shape index (κ2) is 7.53. The molecule has 1 aromatic heterocycles. The Morgan fingerprint density at radius 3 is 2.88 bits per heavy atom. The molecule has 10 heteroatoms. The average Bonchev–Trinajstić information content (AvgIpc) is 3.26. The molecular weight excluding hydrogens is 396 g/mol. The molecular formula is C16H18N2O5S3. The summed E-state index contributed by atoms with van der Waals surface area (Å²) in [5, 5.41) is 0. The first kappa shape index (κ1) is 19.1. The molecule has 2 aliphatic heterocycles. The fraction of sp³-hybridized carbons (Fsp3) is 0.438. The first-order chi connectivity index (χ1) is 12.3. The summed E-state index contributed by atoms with van der Waals surface area (Å²) in [5.41, 5.74) is 0. The number of hydrogen-bond acceptors (Lipinski definition) is 7. The van der Waals surface area contributed by atoms with E-state index in [-0.39, 0.29) is 35.9 Å². The van der Waals surface area contributed by atoms with Crippen LogP contribution in [0.5, 0.6) is 0 Å². The zero-order valence-corrected chi connectivity index (χ0v) is 16.5. The minimum atomic E-state index is -3.09. The van der Waals surface area contributed by atoms with Gasteiger partial charge in [-0.25, -0.2) is 8.42 Å². The minimum Gasteiger partial charge on any atom is -0.465 e. The summed E-state index contributed by atoms with van der Waals surface area (Å²) >= 11 is 6.35. The van der Waals surface area contributed by atoms with Crippen LogP contribution >= 0.6 is 24.0 Å². The van der Waals surface area contributed by atoms with Gasteiger partial charge in [-0.2, -0.15) is 0 Å². The number of amides is 2. The van der Waals surface area contributed by atoms with Crippen LogP contribution in [-0.2, 0) is 19.4 Å². The largest absolute Gasteiger partial charge is 0.465 e. The van der Waals surface area contributed by atoms with Gasteiger partial charge in [-0.05, 0) is 25.5 Å². The van der Waals surface area contributed by atoms with Gasteiger partial charge in [0, 0.05) is 18.7 Å². The Bertz CT molecular complexity index is 860. The maximum Gasteiger partial charge on any atom is 0.266 e. The quantitative estimate of drug-likeness (QED) is 0.533. The van der Waals surface area contributed by atoms with Crippen LogP contribution in [0.3, 0.4) is 0 Å². The summed E-state index contributed by atoms with van der Waals surface area (Å²) in [6.45, 7) is 1.99. The first-order valence-corrected chi connectivity index (χ1v) is 11.1. The molecule has 2 amide bonds. The molecule has 26 heavy (non-hydrogen) atoms. The van der Waals surface area contributed by atoms with Crippen molar-refractivity contribution in [3.05, 3.63) is 29.1 Å². The Morgan fingerprint density at radius 1 is 1.54 bits per heavy atom. The molecule has 2 aliphatic rings. The molecule has 7 nitrogen and oxygen atoms in total. The minimum absolute atomic E-state index is 0.0244. The summed E-state index contributed by atoms with van der Waals surface area (Å²) in [7, 11) is -3.09. The van der Waals surface area contributed by atoms with Gasteiger partial charge in [0.2, 0.25) is 5.91 Å². The predicted molar refractivity (Wildman–Crippen MR) is 103 cm³/mol. The van der Waals surface area contributed by atoms with Gasteiger partial charge in [-0.15, -0.1) is 0 Å². The van der Waals surface area contributed by atoms with Crippen LogP contribution in [0, 0.1) is 0 Å². The lowest BCUT2D eigenvalue weighted by molar-refractivity contribution is -0.136. The van der Waals surface area contributed by atoms with Crippen molar-refractivity contribution in [3.63, 3.8) is 0 Å². The number of likely N-dealkylation sites (N-methyl/N-ethyl adjacent to an activating group) is 1. The van der Waals surface area contributed by atoms with Crippen LogP contribution in [0.15, 0.2) is 27.7 Å². The molecule has 0 N–H and O–H groups in total. The van der Waals surface area contributed by atoms with Crippen molar-refractivity contribution < 1.29 is 22.4 Å². The second-order valence-electron chi connectivity index (χ2n) is 6.02. The van der Waals surface area contributed by atoms with Crippen molar-refractivity contribution in [2.45, 2.75) is 19.4 Å². The molecule has 0 unspecified atom stereocenters. The summed E-state index contributed by atoms with van der Waals surface area (Å²) in [4.78, 5) is 28.4. The number of carbonyl (C=O) groups excluding carboxylic acids is 2. The van der Waals surface area contributed by atoms with Gasteiger partial charge < -0.3 is 9.32 Å². The lowest BCUT2D eigenvalue weighted by Gasteiger charge is -2.28. The lowest BCUT2D eigenvalue weighted by Crippen LogP contribution is -2.47. The predicted octanol–water partition coefficient (Wildman–Crippen LogP) is 1.52. The second-order valence-corrected chi connectivity index (χ2v) is 9.92. The Labute approximate surface area is 161 Å². The maximum absolute atomic E-state index is 12.7. The van der Waals surface area contributed by atoms with Gasteiger partial charge in [0.25, 0.3) is 5.91 Å². The molecule has 1 aromatic rings. The number of thiocarbonyl (C=S) groups is 1. The van der Waals surface area contributed by atoms with Crippen molar-refractivity contribution in [2.75, 3.05) is 24.6 Å². The third kappa shape index (κ3) is 4.02. The number of rotatable bonds is 5. The number of thioether (sulfide) groups is 1. The Balaban J connectivity index is 1.70. The number of nitrogens with zero attached hydrogens (tertiary/aromatic N) is 2. The Kier molecular flexibility index (Phi) is 5.54. The van der Waals surface area contributed by atoms with E-state index >= 15 is 0 Å². The lowest BCUT2D eigenvalue weighted by atomic mass is 10.2. The van der Waals surface area contributed by atoms with Crippen molar-refractivity contribution >= 4 is 56.0 Å². The molecule has 140 valence electrons. The summed E-state index contributed by atoms with van der Waals surface area (Å²) in [6.07, 6.45) is 3.52. The number of hydrogen-bond donors (Lipinski definition) is 0. The van der Waals surface area contributed by atoms with E-state index in [2.05, 4.69) is 0 Å². The van der Waals surface area contributed by atoms with Crippen LogP contribution < -0.4 is 0 Å². The SMILES string of the molecule is CCN(C(=O)CN1C(=O)/C(=C\c2ccco2)SC1=S)[C@@H]1CCS(=O)(=O)C1. The number of carbonyl (C=O) groups is 2. The molecule has 3 heterocycles. The molecule has 0 radical (unpaired) electrons. The van der Waals surface area contributed by atoms with Crippen LogP contribution in [0.25, 0.3) is 6.08 Å². The topological polar surface area (TPSA) is 87.9 Å². The zero-order valence-electron chi connectivity index (χ0n) is 14.1. The Hall–Kier alpha value is -1.65. The van der Waals surface area contributed by atoms with Crippen LogP contribution in [0.1, 0.15) is 19.1 Å². The molecule has 3 rings (SSSR count). The van der Waals surface area contributed by atoms with Crippen LogP contribution in [0.4, 0.5) is 0 Å². The molecule has 0 saturated carbocycles. The highest BCUT2D eigenvalue weighted by molar-refractivity contribution is 8.26. The highest BCUT2D eigenvalue weighted by Crippen LogP contribution is 2.32. The number of furan rings is 1. The Morgan fingerprint density at radius 2 is 2.31 bits per heavy atom. The molecule has 1 atom stereocenters. The van der Waals surface area contributed by atoms with Gasteiger partial charge in [-0.1, -0.05) is 24.0 Å². The summed E-state index contributed by atoms with van der Waals surface area (Å²) < 4.78 is 28.9. The zero-order chi connectivity index (χ0) is 18.9. The van der Waals surface area contributed by atoms with E-state index in [1.165, 1.54) is 16.1 Å². The van der Waals surface area contributed by atoms with E-state index < -0.39 is 9.84 Å². The molecule has 0 aliphatic carbocycles. The number of sulfone groups is 1. The van der Waals surface area contributed by atoms with E-state index in [0.29, 0.717) is 28.0 Å². The molecule has 0 bridgehead atoms. The van der Waals surface area contributed by atoms with Gasteiger partial charge >= 0.3 is 0 Å². The van der Waals surface area contributed by atoms with Gasteiger partial charge in [-0.3, -0.25) is 14.5 Å². The van der Waals surface area contributed by atoms with Crippen molar-refractivity contribution in [1.29, 1.82) is 0 Å². The normalized spacial score (nSPS) is 23.8. The highest BCUT2D eigenvalue weighted by Gasteiger charge is 2.38. The van der Waals surface area contributed by atoms with Gasteiger partial charge in [0.05, 0.1) is 22.7 Å². The van der Waals surface area contributed by atoms with E-state index in [1.807, 2.05) is 0 Å². The summed E-state index contributed by atoms with van der Waals surface area (Å²) in [5.74, 6) is -0.0502. The van der Waals surface area contributed by atoms with Crippen molar-refractivity contribution in [3.8, 4) is 0 Å². The third-order valence-electron chi connectivity index (χ3n) is 4.29. The van der Waals surface area contributed by atoms with Gasteiger partial charge in [0.1, 0.15) is 16.6 Å². The van der Waals surface area contributed by atoms with Crippen LogP contribution in [-0.4, -0.2) is 65.0 Å². The molecule has 2 fully saturated rings. The van der Waals surface area contributed by atoms with Gasteiger partial charge in [0.15, 0.2) is 9.84 Å². The summed E-state index contributed by atoms with van der Waals surface area (Å²) in [6, 6.07) is 3.09. The van der Waals surface area contributed by atoms with E-state index in [1.54, 1.807) is 25.1 Å². The van der Waals surface area contributed by atoms with E-state index in [4.69, 9.17) is 16.6 Å². The standard InChI is InChI=1S/C16H18N2O5S3/c1-2-17(11-5-7-26(21,22)10-11)14(19)9-18-15(20)13(25-16(18)24)8-12-4-3-6-23-12/h3-4,6,8,11H,2,5,7,9-10H2,1H3/b13-8+/t11-/m1/s1. The molecule has 2 saturated heterocycles. The third-order valence-corrected chi connectivity index (χ3v) is 7.42. The van der Waals surface area contributed by atoms with E-state index in [9.17, 15) is 18.0 Å². The van der Waals surface area contributed by atoms with E-state index in [0.717, 1.165) is 11.8 Å². The fourth-order valence-electron chi connectivity index (χ4n) is 3.02. The maximum atomic E-state index is 12.7. The van der Waals surface area contributed by atoms with Crippen LogP contribution in [0.2, 0.25) is 0 Å². The smallest absolute Gasteiger partial charge is 0.266 e.